The molecule has 0 fully saturated rings. The number of nitrogens with one attached hydrogen (secondary N) is 1. The summed E-state index contributed by atoms with van der Waals surface area (Å²) in [5.41, 5.74) is 6.23. The minimum atomic E-state index is -0.831. The number of rotatable bonds is 5. The molecule has 0 saturated heterocycles. The Hall–Kier alpha value is -2.56. The Morgan fingerprint density at radius 2 is 2.00 bits per heavy atom. The van der Waals surface area contributed by atoms with E-state index in [0.29, 0.717) is 11.3 Å². The zero-order valence-corrected chi connectivity index (χ0v) is 11.0. The molecule has 1 amide bonds. The molecule has 1 atom stereocenters. The summed E-state index contributed by atoms with van der Waals surface area (Å²) in [5, 5.41) is 2.81. The van der Waals surface area contributed by atoms with Gasteiger partial charge in [0.05, 0.1) is 12.8 Å². The number of hydrogen-bond donors (Lipinski definition) is 2. The van der Waals surface area contributed by atoms with Gasteiger partial charge >= 0.3 is 0 Å². The summed E-state index contributed by atoms with van der Waals surface area (Å²) < 4.78 is 18.7. The molecule has 0 saturated carbocycles. The van der Waals surface area contributed by atoms with Gasteiger partial charge in [0.1, 0.15) is 17.6 Å². The molecule has 0 aromatic heterocycles. The topological polar surface area (TPSA) is 64.3 Å². The molecule has 5 heteroatoms. The lowest BCUT2D eigenvalue weighted by atomic mass is 10.1. The molecule has 0 aliphatic carbocycles. The maximum atomic E-state index is 13.6. The van der Waals surface area contributed by atoms with Crippen LogP contribution < -0.4 is 15.8 Å². The highest BCUT2D eigenvalue weighted by Crippen LogP contribution is 2.24. The number of amides is 1. The Bertz CT molecular complexity index is 616. The fourth-order valence-electron chi connectivity index (χ4n) is 1.87. The molecule has 2 rings (SSSR count). The van der Waals surface area contributed by atoms with Crippen LogP contribution in [0.15, 0.2) is 48.5 Å². The number of para-hydroxylation sites is 1. The SMILES string of the molecule is COc1cccc(C(Nc2ccccc2F)C(N)=O)c1. The van der Waals surface area contributed by atoms with Gasteiger partial charge < -0.3 is 15.8 Å². The first-order chi connectivity index (χ1) is 9.61. The fourth-order valence-corrected chi connectivity index (χ4v) is 1.87. The Kier molecular flexibility index (Phi) is 4.20. The van der Waals surface area contributed by atoms with Gasteiger partial charge in [-0.25, -0.2) is 4.39 Å². The summed E-state index contributed by atoms with van der Waals surface area (Å²) in [6.45, 7) is 0. The van der Waals surface area contributed by atoms with E-state index in [-0.39, 0.29) is 5.69 Å². The molecule has 2 aromatic carbocycles. The van der Waals surface area contributed by atoms with Gasteiger partial charge in [0.25, 0.3) is 0 Å². The zero-order chi connectivity index (χ0) is 14.5. The van der Waals surface area contributed by atoms with Crippen molar-refractivity contribution in [2.45, 2.75) is 6.04 Å². The third kappa shape index (κ3) is 3.06. The Balaban J connectivity index is 2.32. The van der Waals surface area contributed by atoms with E-state index in [0.717, 1.165) is 0 Å². The van der Waals surface area contributed by atoms with Gasteiger partial charge in [-0.2, -0.15) is 0 Å². The number of carbonyl (C=O) groups is 1. The first kappa shape index (κ1) is 13.9. The van der Waals surface area contributed by atoms with E-state index < -0.39 is 17.8 Å². The number of benzene rings is 2. The van der Waals surface area contributed by atoms with Crippen LogP contribution in [0.2, 0.25) is 0 Å². The van der Waals surface area contributed by atoms with Crippen molar-refractivity contribution < 1.29 is 13.9 Å². The molecule has 0 aliphatic rings. The van der Waals surface area contributed by atoms with Crippen LogP contribution in [0.1, 0.15) is 11.6 Å². The molecule has 0 bridgehead atoms. The van der Waals surface area contributed by atoms with Crippen LogP contribution in [0.3, 0.4) is 0 Å². The van der Waals surface area contributed by atoms with Crippen molar-refractivity contribution in [3.05, 3.63) is 59.9 Å². The monoisotopic (exact) mass is 274 g/mol. The molecule has 20 heavy (non-hydrogen) atoms. The van der Waals surface area contributed by atoms with Gasteiger partial charge in [0.15, 0.2) is 0 Å². The lowest BCUT2D eigenvalue weighted by Gasteiger charge is -2.18. The molecule has 0 spiro atoms. The molecule has 104 valence electrons. The smallest absolute Gasteiger partial charge is 0.244 e. The van der Waals surface area contributed by atoms with Crippen molar-refractivity contribution in [1.82, 2.24) is 0 Å². The predicted octanol–water partition coefficient (Wildman–Crippen LogP) is 2.47. The summed E-state index contributed by atoms with van der Waals surface area (Å²) in [5.74, 6) is -0.438. The van der Waals surface area contributed by atoms with Crippen molar-refractivity contribution in [1.29, 1.82) is 0 Å². The zero-order valence-electron chi connectivity index (χ0n) is 11.0. The van der Waals surface area contributed by atoms with Crippen LogP contribution in [0.5, 0.6) is 5.75 Å². The summed E-state index contributed by atoms with van der Waals surface area (Å²) >= 11 is 0. The summed E-state index contributed by atoms with van der Waals surface area (Å²) in [4.78, 5) is 11.6. The van der Waals surface area contributed by atoms with E-state index in [1.807, 2.05) is 0 Å². The summed E-state index contributed by atoms with van der Waals surface area (Å²) in [6, 6.07) is 12.2. The minimum absolute atomic E-state index is 0.221. The first-order valence-electron chi connectivity index (χ1n) is 6.06. The maximum absolute atomic E-state index is 13.6. The highest BCUT2D eigenvalue weighted by atomic mass is 19.1. The molecule has 0 aliphatic heterocycles. The van der Waals surface area contributed by atoms with E-state index in [4.69, 9.17) is 10.5 Å². The highest BCUT2D eigenvalue weighted by molar-refractivity contribution is 5.84. The maximum Gasteiger partial charge on any atom is 0.244 e. The average Bonchev–Trinajstić information content (AvgIpc) is 2.46. The predicted molar refractivity (Wildman–Crippen MR) is 75.0 cm³/mol. The quantitative estimate of drug-likeness (QED) is 0.880. The van der Waals surface area contributed by atoms with E-state index in [1.165, 1.54) is 13.2 Å². The molecular formula is C15H15FN2O2. The summed E-state index contributed by atoms with van der Waals surface area (Å²) in [6.07, 6.45) is 0. The van der Waals surface area contributed by atoms with E-state index in [2.05, 4.69) is 5.32 Å². The molecule has 3 N–H and O–H groups in total. The van der Waals surface area contributed by atoms with Crippen LogP contribution in [-0.2, 0) is 4.79 Å². The van der Waals surface area contributed by atoms with Crippen LogP contribution in [0, 0.1) is 5.82 Å². The van der Waals surface area contributed by atoms with Crippen molar-refractivity contribution in [2.75, 3.05) is 12.4 Å². The number of anilines is 1. The fraction of sp³-hybridized carbons (Fsp3) is 0.133. The Morgan fingerprint density at radius 3 is 2.65 bits per heavy atom. The third-order valence-electron chi connectivity index (χ3n) is 2.89. The van der Waals surface area contributed by atoms with Gasteiger partial charge in [0, 0.05) is 0 Å². The number of primary amides is 1. The highest BCUT2D eigenvalue weighted by Gasteiger charge is 2.19. The number of hydrogen-bond acceptors (Lipinski definition) is 3. The average molecular weight is 274 g/mol. The van der Waals surface area contributed by atoms with Gasteiger partial charge in [-0.15, -0.1) is 0 Å². The second-order valence-corrected chi connectivity index (χ2v) is 4.24. The van der Waals surface area contributed by atoms with Gasteiger partial charge in [-0.05, 0) is 29.8 Å². The van der Waals surface area contributed by atoms with Crippen LogP contribution in [0.25, 0.3) is 0 Å². The minimum Gasteiger partial charge on any atom is -0.497 e. The van der Waals surface area contributed by atoms with Crippen LogP contribution in [-0.4, -0.2) is 13.0 Å². The second kappa shape index (κ2) is 6.06. The Morgan fingerprint density at radius 1 is 1.25 bits per heavy atom. The lowest BCUT2D eigenvalue weighted by Crippen LogP contribution is -2.28. The van der Waals surface area contributed by atoms with Crippen molar-refractivity contribution in [3.8, 4) is 5.75 Å². The second-order valence-electron chi connectivity index (χ2n) is 4.24. The Labute approximate surface area is 116 Å². The molecule has 4 nitrogen and oxygen atoms in total. The number of carbonyl (C=O) groups excluding carboxylic acids is 1. The van der Waals surface area contributed by atoms with E-state index in [9.17, 15) is 9.18 Å². The molecule has 1 unspecified atom stereocenters. The van der Waals surface area contributed by atoms with Crippen molar-refractivity contribution in [2.24, 2.45) is 5.73 Å². The largest absolute Gasteiger partial charge is 0.497 e. The number of halogens is 1. The van der Waals surface area contributed by atoms with Crippen LogP contribution >= 0.6 is 0 Å². The molecule has 0 heterocycles. The number of ether oxygens (including phenoxy) is 1. The van der Waals surface area contributed by atoms with Crippen molar-refractivity contribution >= 4 is 11.6 Å². The third-order valence-corrected chi connectivity index (χ3v) is 2.89. The normalized spacial score (nSPS) is 11.7. The standard InChI is InChI=1S/C15H15FN2O2/c1-20-11-6-4-5-10(9-11)14(15(17)19)18-13-8-3-2-7-12(13)16/h2-9,14,18H,1H3,(H2,17,19). The van der Waals surface area contributed by atoms with Gasteiger partial charge in [-0.3, -0.25) is 4.79 Å². The number of nitrogens with two attached hydrogens (primary N) is 1. The molecular weight excluding hydrogens is 259 g/mol. The van der Waals surface area contributed by atoms with Crippen LogP contribution in [0.4, 0.5) is 10.1 Å². The van der Waals surface area contributed by atoms with Crippen molar-refractivity contribution in [3.63, 3.8) is 0 Å². The van der Waals surface area contributed by atoms with E-state index in [1.54, 1.807) is 42.5 Å². The van der Waals surface area contributed by atoms with Gasteiger partial charge in [-0.1, -0.05) is 24.3 Å². The molecule has 0 radical (unpaired) electrons. The number of methoxy groups -OCH3 is 1. The summed E-state index contributed by atoms with van der Waals surface area (Å²) in [7, 11) is 1.53. The lowest BCUT2D eigenvalue weighted by molar-refractivity contribution is -0.118. The van der Waals surface area contributed by atoms with E-state index >= 15 is 0 Å². The first-order valence-corrected chi connectivity index (χ1v) is 6.06. The van der Waals surface area contributed by atoms with Gasteiger partial charge in [0.2, 0.25) is 5.91 Å². The molecule has 2 aromatic rings.